The van der Waals surface area contributed by atoms with E-state index in [1.54, 1.807) is 13.0 Å². The van der Waals surface area contributed by atoms with Crippen molar-refractivity contribution in [3.63, 3.8) is 0 Å². The molecule has 0 unspecified atom stereocenters. The van der Waals surface area contributed by atoms with Crippen LogP contribution in [0.4, 0.5) is 11.5 Å². The zero-order valence-electron chi connectivity index (χ0n) is 11.9. The molecule has 2 aromatic rings. The van der Waals surface area contributed by atoms with Crippen molar-refractivity contribution >= 4 is 17.4 Å². The van der Waals surface area contributed by atoms with E-state index in [0.29, 0.717) is 18.0 Å². The molecule has 0 saturated carbocycles. The zero-order valence-corrected chi connectivity index (χ0v) is 11.9. The maximum atomic E-state index is 12.2. The lowest BCUT2D eigenvalue weighted by Crippen LogP contribution is -2.34. The normalized spacial score (nSPS) is 11.9. The Morgan fingerprint density at radius 2 is 2.15 bits per heavy atom. The number of hydrogen-bond acceptors (Lipinski definition) is 4. The third-order valence-corrected chi connectivity index (χ3v) is 2.96. The second kappa shape index (κ2) is 6.23. The van der Waals surface area contributed by atoms with Crippen LogP contribution in [-0.4, -0.2) is 17.1 Å². The Balaban J connectivity index is 2.02. The van der Waals surface area contributed by atoms with E-state index in [9.17, 15) is 4.79 Å². The first kappa shape index (κ1) is 14.1. The van der Waals surface area contributed by atoms with E-state index in [4.69, 9.17) is 4.52 Å². The van der Waals surface area contributed by atoms with Crippen LogP contribution < -0.4 is 10.6 Å². The maximum Gasteiger partial charge on any atom is 0.248 e. The third-order valence-electron chi connectivity index (χ3n) is 2.96. The van der Waals surface area contributed by atoms with Crippen LogP contribution >= 0.6 is 0 Å². The number of carbonyl (C=O) groups is 1. The van der Waals surface area contributed by atoms with E-state index in [1.165, 1.54) is 0 Å². The molecule has 0 aliphatic carbocycles. The van der Waals surface area contributed by atoms with Crippen LogP contribution in [0.5, 0.6) is 0 Å². The smallest absolute Gasteiger partial charge is 0.248 e. The van der Waals surface area contributed by atoms with Gasteiger partial charge in [0.25, 0.3) is 0 Å². The predicted molar refractivity (Wildman–Crippen MR) is 78.8 cm³/mol. The minimum absolute atomic E-state index is 0.123. The molecule has 2 rings (SSSR count). The minimum Gasteiger partial charge on any atom is -0.374 e. The number of amides is 1. The molecule has 0 saturated heterocycles. The van der Waals surface area contributed by atoms with Crippen molar-refractivity contribution in [2.45, 2.75) is 33.2 Å². The Morgan fingerprint density at radius 3 is 2.75 bits per heavy atom. The Bertz CT molecular complexity index is 592. The minimum atomic E-state index is -0.311. The van der Waals surface area contributed by atoms with Crippen molar-refractivity contribution in [2.75, 3.05) is 10.6 Å². The van der Waals surface area contributed by atoms with Crippen molar-refractivity contribution in [1.29, 1.82) is 0 Å². The molecule has 0 radical (unpaired) electrons. The van der Waals surface area contributed by atoms with Gasteiger partial charge in [0, 0.05) is 11.8 Å². The van der Waals surface area contributed by atoms with Crippen LogP contribution in [-0.2, 0) is 4.79 Å². The quantitative estimate of drug-likeness (QED) is 0.878. The third kappa shape index (κ3) is 3.60. The molecular weight excluding hydrogens is 254 g/mol. The van der Waals surface area contributed by atoms with Crippen molar-refractivity contribution in [3.05, 3.63) is 41.7 Å². The van der Waals surface area contributed by atoms with Gasteiger partial charge in [-0.05, 0) is 38.0 Å². The van der Waals surface area contributed by atoms with E-state index in [0.717, 1.165) is 11.3 Å². The van der Waals surface area contributed by atoms with Crippen molar-refractivity contribution in [2.24, 2.45) is 0 Å². The van der Waals surface area contributed by atoms with Crippen molar-refractivity contribution in [1.82, 2.24) is 5.16 Å². The number of nitrogens with zero attached hydrogens (tertiary/aromatic N) is 1. The Hall–Kier alpha value is -2.30. The fourth-order valence-electron chi connectivity index (χ4n) is 1.93. The number of aryl methyl sites for hydroxylation is 2. The Morgan fingerprint density at radius 1 is 1.35 bits per heavy atom. The zero-order chi connectivity index (χ0) is 14.5. The summed E-state index contributed by atoms with van der Waals surface area (Å²) in [6.45, 7) is 5.76. The molecule has 1 atom stereocenters. The summed E-state index contributed by atoms with van der Waals surface area (Å²) in [6, 6.07) is 9.32. The number of carbonyl (C=O) groups excluding carboxylic acids is 1. The second-order valence-corrected chi connectivity index (χ2v) is 4.79. The summed E-state index contributed by atoms with van der Waals surface area (Å²) < 4.78 is 4.93. The van der Waals surface area contributed by atoms with E-state index in [-0.39, 0.29) is 11.9 Å². The van der Waals surface area contributed by atoms with Crippen LogP contribution in [0.15, 0.2) is 34.9 Å². The SMILES string of the molecule is CC[C@@H](Nc1cccc(C)c1)C(=O)Nc1cc(C)on1. The summed E-state index contributed by atoms with van der Waals surface area (Å²) in [5, 5.41) is 9.73. The summed E-state index contributed by atoms with van der Waals surface area (Å²) in [4.78, 5) is 12.2. The molecule has 2 N–H and O–H groups in total. The average molecular weight is 273 g/mol. The highest BCUT2D eigenvalue weighted by Gasteiger charge is 2.17. The molecule has 5 nitrogen and oxygen atoms in total. The number of anilines is 2. The molecule has 5 heteroatoms. The van der Waals surface area contributed by atoms with Gasteiger partial charge < -0.3 is 15.2 Å². The fourth-order valence-corrected chi connectivity index (χ4v) is 1.93. The summed E-state index contributed by atoms with van der Waals surface area (Å²) >= 11 is 0. The van der Waals surface area contributed by atoms with Gasteiger partial charge >= 0.3 is 0 Å². The van der Waals surface area contributed by atoms with Crippen LogP contribution in [0.1, 0.15) is 24.7 Å². The highest BCUT2D eigenvalue weighted by molar-refractivity contribution is 5.95. The molecule has 0 spiro atoms. The molecule has 20 heavy (non-hydrogen) atoms. The van der Waals surface area contributed by atoms with Gasteiger partial charge in [-0.1, -0.05) is 24.2 Å². The van der Waals surface area contributed by atoms with E-state index in [1.807, 2.05) is 38.1 Å². The van der Waals surface area contributed by atoms with Crippen LogP contribution in [0.2, 0.25) is 0 Å². The van der Waals surface area contributed by atoms with Gasteiger partial charge in [-0.25, -0.2) is 0 Å². The van der Waals surface area contributed by atoms with Gasteiger partial charge in [0.05, 0.1) is 0 Å². The predicted octanol–water partition coefficient (Wildman–Crippen LogP) is 3.12. The molecular formula is C15H19N3O2. The van der Waals surface area contributed by atoms with Crippen LogP contribution in [0, 0.1) is 13.8 Å². The lowest BCUT2D eigenvalue weighted by molar-refractivity contribution is -0.117. The maximum absolute atomic E-state index is 12.2. The summed E-state index contributed by atoms with van der Waals surface area (Å²) in [6.07, 6.45) is 0.677. The van der Waals surface area contributed by atoms with E-state index < -0.39 is 0 Å². The molecule has 1 amide bonds. The standard InChI is InChI=1S/C15H19N3O2/c1-4-13(16-12-7-5-6-10(2)8-12)15(19)17-14-9-11(3)20-18-14/h5-9,13,16H,4H2,1-3H3,(H,17,18,19)/t13-/m1/s1. The first-order valence-electron chi connectivity index (χ1n) is 6.66. The van der Waals surface area contributed by atoms with Crippen LogP contribution in [0.25, 0.3) is 0 Å². The Labute approximate surface area is 118 Å². The fraction of sp³-hybridized carbons (Fsp3) is 0.333. The Kier molecular flexibility index (Phi) is 4.40. The first-order chi connectivity index (χ1) is 9.58. The second-order valence-electron chi connectivity index (χ2n) is 4.79. The molecule has 0 bridgehead atoms. The van der Waals surface area contributed by atoms with Gasteiger partial charge in [0.15, 0.2) is 5.82 Å². The summed E-state index contributed by atoms with van der Waals surface area (Å²) in [5.74, 6) is 0.985. The van der Waals surface area contributed by atoms with Gasteiger partial charge in [-0.2, -0.15) is 0 Å². The molecule has 0 aliphatic heterocycles. The lowest BCUT2D eigenvalue weighted by Gasteiger charge is -2.17. The summed E-state index contributed by atoms with van der Waals surface area (Å²) in [7, 11) is 0. The number of aromatic nitrogens is 1. The van der Waals surface area contributed by atoms with Gasteiger partial charge in [0.2, 0.25) is 5.91 Å². The average Bonchev–Trinajstić information content (AvgIpc) is 2.81. The molecule has 0 aliphatic rings. The molecule has 106 valence electrons. The highest BCUT2D eigenvalue weighted by Crippen LogP contribution is 2.14. The van der Waals surface area contributed by atoms with Crippen molar-refractivity contribution in [3.8, 4) is 0 Å². The molecule has 1 aromatic heterocycles. The largest absolute Gasteiger partial charge is 0.374 e. The topological polar surface area (TPSA) is 67.2 Å². The molecule has 0 fully saturated rings. The molecule has 1 aromatic carbocycles. The van der Waals surface area contributed by atoms with Crippen LogP contribution in [0.3, 0.4) is 0 Å². The molecule has 1 heterocycles. The number of nitrogens with one attached hydrogen (secondary N) is 2. The van der Waals surface area contributed by atoms with E-state index >= 15 is 0 Å². The van der Waals surface area contributed by atoms with Gasteiger partial charge in [0.1, 0.15) is 11.8 Å². The first-order valence-corrected chi connectivity index (χ1v) is 6.66. The lowest BCUT2D eigenvalue weighted by atomic mass is 10.1. The summed E-state index contributed by atoms with van der Waals surface area (Å²) in [5.41, 5.74) is 2.08. The number of benzene rings is 1. The van der Waals surface area contributed by atoms with Crippen molar-refractivity contribution < 1.29 is 9.32 Å². The van der Waals surface area contributed by atoms with Gasteiger partial charge in [-0.3, -0.25) is 4.79 Å². The van der Waals surface area contributed by atoms with E-state index in [2.05, 4.69) is 15.8 Å². The van der Waals surface area contributed by atoms with Gasteiger partial charge in [-0.15, -0.1) is 0 Å². The monoisotopic (exact) mass is 273 g/mol. The highest BCUT2D eigenvalue weighted by atomic mass is 16.5. The number of rotatable bonds is 5. The number of hydrogen-bond donors (Lipinski definition) is 2.